The quantitative estimate of drug-likeness (QED) is 0.369. The van der Waals surface area contributed by atoms with Crippen molar-refractivity contribution in [1.29, 1.82) is 0 Å². The maximum atomic E-state index is 13.4. The van der Waals surface area contributed by atoms with Gasteiger partial charge in [-0.05, 0) is 34.1 Å². The van der Waals surface area contributed by atoms with Crippen LogP contribution in [0.25, 0.3) is 0 Å². The van der Waals surface area contributed by atoms with Crippen LogP contribution in [0, 0.1) is 5.82 Å². The molecule has 0 saturated carbocycles. The molecule has 4 nitrogen and oxygen atoms in total. The van der Waals surface area contributed by atoms with Gasteiger partial charge in [-0.1, -0.05) is 28.9 Å². The lowest BCUT2D eigenvalue weighted by atomic mass is 10.1. The topological polar surface area (TPSA) is 67.8 Å². The fourth-order valence-electron chi connectivity index (χ4n) is 1.61. The van der Waals surface area contributed by atoms with E-state index in [1.54, 1.807) is 30.3 Å². The summed E-state index contributed by atoms with van der Waals surface area (Å²) in [7, 11) is 0. The monoisotopic (exact) mass is 372 g/mol. The summed E-state index contributed by atoms with van der Waals surface area (Å²) in [6.07, 6.45) is 0. The molecule has 0 heterocycles. The molecule has 2 aromatic carbocycles. The highest BCUT2D eigenvalue weighted by Crippen LogP contribution is 2.23. The standard InChI is InChI=1S/C14H11BrClFN2O2/c15-11-4-3-10(6-13(11)17)21-7-9-2-1-8(5-12(9)16)14(18)19-20/h1-6,20H,7H2,(H2,18,19). The maximum Gasteiger partial charge on any atom is 0.170 e. The lowest BCUT2D eigenvalue weighted by Gasteiger charge is -2.09. The van der Waals surface area contributed by atoms with Crippen molar-refractivity contribution in [3.63, 3.8) is 0 Å². The van der Waals surface area contributed by atoms with E-state index in [0.29, 0.717) is 26.4 Å². The van der Waals surface area contributed by atoms with Crippen molar-refractivity contribution in [1.82, 2.24) is 0 Å². The highest BCUT2D eigenvalue weighted by atomic mass is 79.9. The van der Waals surface area contributed by atoms with E-state index >= 15 is 0 Å². The van der Waals surface area contributed by atoms with Crippen LogP contribution in [0.5, 0.6) is 5.75 Å². The predicted molar refractivity (Wildman–Crippen MR) is 82.4 cm³/mol. The van der Waals surface area contributed by atoms with Gasteiger partial charge < -0.3 is 15.7 Å². The van der Waals surface area contributed by atoms with Crippen LogP contribution in [0.4, 0.5) is 4.39 Å². The molecule has 0 fully saturated rings. The second-order valence-corrected chi connectivity index (χ2v) is 5.42. The van der Waals surface area contributed by atoms with Crippen molar-refractivity contribution in [2.45, 2.75) is 6.61 Å². The van der Waals surface area contributed by atoms with E-state index in [-0.39, 0.29) is 12.4 Å². The van der Waals surface area contributed by atoms with E-state index in [2.05, 4.69) is 21.1 Å². The van der Waals surface area contributed by atoms with Gasteiger partial charge in [0.15, 0.2) is 5.84 Å². The van der Waals surface area contributed by atoms with E-state index < -0.39 is 5.82 Å². The minimum absolute atomic E-state index is 0.0284. The number of hydrogen-bond donors (Lipinski definition) is 2. The number of hydrogen-bond acceptors (Lipinski definition) is 3. The Morgan fingerprint density at radius 1 is 1.33 bits per heavy atom. The third-order valence-corrected chi connectivity index (χ3v) is 3.74. The van der Waals surface area contributed by atoms with E-state index in [1.165, 1.54) is 6.07 Å². The molecular weight excluding hydrogens is 363 g/mol. The van der Waals surface area contributed by atoms with Gasteiger partial charge in [0.25, 0.3) is 0 Å². The van der Waals surface area contributed by atoms with Crippen LogP contribution < -0.4 is 10.5 Å². The zero-order chi connectivity index (χ0) is 15.4. The molecule has 3 N–H and O–H groups in total. The maximum absolute atomic E-state index is 13.4. The van der Waals surface area contributed by atoms with Gasteiger partial charge in [-0.3, -0.25) is 0 Å². The van der Waals surface area contributed by atoms with Crippen molar-refractivity contribution in [2.24, 2.45) is 10.9 Å². The summed E-state index contributed by atoms with van der Waals surface area (Å²) in [5, 5.41) is 11.9. The Hall–Kier alpha value is -1.79. The van der Waals surface area contributed by atoms with Crippen LogP contribution >= 0.6 is 27.5 Å². The third-order valence-electron chi connectivity index (χ3n) is 2.74. The number of halogens is 3. The Morgan fingerprint density at radius 2 is 2.10 bits per heavy atom. The number of amidine groups is 1. The summed E-state index contributed by atoms with van der Waals surface area (Å²) < 4.78 is 19.2. The van der Waals surface area contributed by atoms with E-state index in [9.17, 15) is 4.39 Å². The van der Waals surface area contributed by atoms with Gasteiger partial charge in [-0.15, -0.1) is 0 Å². The van der Waals surface area contributed by atoms with Gasteiger partial charge in [-0.25, -0.2) is 4.39 Å². The zero-order valence-corrected chi connectivity index (χ0v) is 13.0. The molecule has 0 spiro atoms. The normalized spacial score (nSPS) is 11.5. The highest BCUT2D eigenvalue weighted by molar-refractivity contribution is 9.10. The van der Waals surface area contributed by atoms with Crippen molar-refractivity contribution in [3.8, 4) is 5.75 Å². The lowest BCUT2D eigenvalue weighted by molar-refractivity contribution is 0.304. The number of ether oxygens (including phenoxy) is 1. The molecule has 21 heavy (non-hydrogen) atoms. The van der Waals surface area contributed by atoms with Crippen LogP contribution in [-0.4, -0.2) is 11.0 Å². The Balaban J connectivity index is 2.11. The van der Waals surface area contributed by atoms with Crippen LogP contribution in [0.1, 0.15) is 11.1 Å². The minimum Gasteiger partial charge on any atom is -0.489 e. The molecule has 0 aliphatic rings. The molecule has 7 heteroatoms. The third kappa shape index (κ3) is 3.86. The minimum atomic E-state index is -0.402. The zero-order valence-electron chi connectivity index (χ0n) is 10.7. The predicted octanol–water partition coefficient (Wildman–Crippen LogP) is 3.92. The van der Waals surface area contributed by atoms with Gasteiger partial charge in [0.05, 0.1) is 4.47 Å². The van der Waals surface area contributed by atoms with Gasteiger partial charge in [0, 0.05) is 22.2 Å². The van der Waals surface area contributed by atoms with E-state index in [1.807, 2.05) is 0 Å². The first kappa shape index (κ1) is 15.6. The molecule has 0 aliphatic carbocycles. The second kappa shape index (κ2) is 6.78. The molecular formula is C14H11BrClFN2O2. The molecule has 110 valence electrons. The number of benzene rings is 2. The molecule has 0 bridgehead atoms. The molecule has 0 atom stereocenters. The smallest absolute Gasteiger partial charge is 0.170 e. The Kier molecular flexibility index (Phi) is 5.03. The number of rotatable bonds is 4. The van der Waals surface area contributed by atoms with E-state index in [0.717, 1.165) is 0 Å². The molecule has 0 radical (unpaired) electrons. The van der Waals surface area contributed by atoms with Crippen molar-refractivity contribution < 1.29 is 14.3 Å². The van der Waals surface area contributed by atoms with Gasteiger partial charge >= 0.3 is 0 Å². The van der Waals surface area contributed by atoms with Crippen molar-refractivity contribution in [3.05, 3.63) is 62.8 Å². The number of nitrogens with two attached hydrogens (primary N) is 1. The van der Waals surface area contributed by atoms with Gasteiger partial charge in [0.1, 0.15) is 18.2 Å². The molecule has 2 aromatic rings. The molecule has 0 amide bonds. The average Bonchev–Trinajstić information content (AvgIpc) is 2.48. The van der Waals surface area contributed by atoms with Crippen molar-refractivity contribution >= 4 is 33.4 Å². The molecule has 0 unspecified atom stereocenters. The summed E-state index contributed by atoms with van der Waals surface area (Å²) in [4.78, 5) is 0. The average molecular weight is 374 g/mol. The summed E-state index contributed by atoms with van der Waals surface area (Å²) in [6, 6.07) is 9.41. The van der Waals surface area contributed by atoms with Crippen LogP contribution in [0.2, 0.25) is 5.02 Å². The molecule has 0 aliphatic heterocycles. The summed E-state index contributed by atoms with van der Waals surface area (Å²) >= 11 is 9.17. The first-order chi connectivity index (χ1) is 10.0. The Bertz CT molecular complexity index is 695. The fraction of sp³-hybridized carbons (Fsp3) is 0.0714. The van der Waals surface area contributed by atoms with Crippen LogP contribution in [0.3, 0.4) is 0 Å². The number of nitrogens with zero attached hydrogens (tertiary/aromatic N) is 1. The summed E-state index contributed by atoms with van der Waals surface area (Å²) in [5.74, 6) is -0.0347. The van der Waals surface area contributed by atoms with Gasteiger partial charge in [-0.2, -0.15) is 0 Å². The second-order valence-electron chi connectivity index (χ2n) is 4.16. The Labute approximate surface area is 134 Å². The number of oxime groups is 1. The van der Waals surface area contributed by atoms with Crippen LogP contribution in [0.15, 0.2) is 46.0 Å². The summed E-state index contributed by atoms with van der Waals surface area (Å²) in [5.41, 5.74) is 6.68. The molecule has 0 saturated heterocycles. The molecule has 2 rings (SSSR count). The summed E-state index contributed by atoms with van der Waals surface area (Å²) in [6.45, 7) is 0.177. The molecule has 0 aromatic heterocycles. The van der Waals surface area contributed by atoms with Crippen LogP contribution in [-0.2, 0) is 6.61 Å². The van der Waals surface area contributed by atoms with E-state index in [4.69, 9.17) is 27.3 Å². The lowest BCUT2D eigenvalue weighted by Crippen LogP contribution is -2.13. The fourth-order valence-corrected chi connectivity index (χ4v) is 2.09. The van der Waals surface area contributed by atoms with Crippen molar-refractivity contribution in [2.75, 3.05) is 0 Å². The largest absolute Gasteiger partial charge is 0.489 e. The first-order valence-electron chi connectivity index (χ1n) is 5.85. The SMILES string of the molecule is N/C(=N/O)c1ccc(COc2ccc(Br)c(F)c2)c(Cl)c1. The Morgan fingerprint density at radius 3 is 2.71 bits per heavy atom. The highest BCUT2D eigenvalue weighted by Gasteiger charge is 2.07. The first-order valence-corrected chi connectivity index (χ1v) is 7.02. The van der Waals surface area contributed by atoms with Gasteiger partial charge in [0.2, 0.25) is 0 Å².